The van der Waals surface area contributed by atoms with E-state index in [9.17, 15) is 26.0 Å². The van der Waals surface area contributed by atoms with Crippen LogP contribution < -0.4 is 9.44 Å². The largest absolute Gasteiger partial charge is 0.419 e. The van der Waals surface area contributed by atoms with Crippen LogP contribution in [0.3, 0.4) is 0 Å². The molecule has 1 aromatic heterocycles. The van der Waals surface area contributed by atoms with Crippen LogP contribution in [-0.4, -0.2) is 8.42 Å². The van der Waals surface area contributed by atoms with Crippen LogP contribution in [-0.2, 0) is 22.9 Å². The van der Waals surface area contributed by atoms with Gasteiger partial charge in [0, 0.05) is 4.70 Å². The monoisotopic (exact) mass is 404 g/mol. The lowest BCUT2D eigenvalue weighted by atomic mass is 10.1. The van der Waals surface area contributed by atoms with Crippen molar-refractivity contribution >= 4 is 36.6 Å². The Kier molecular flexibility index (Phi) is 4.67. The smallest absolute Gasteiger partial charge is 0.244 e. The van der Waals surface area contributed by atoms with E-state index < -0.39 is 34.3 Å². The van der Waals surface area contributed by atoms with Crippen molar-refractivity contribution in [1.29, 1.82) is 0 Å². The standard InChI is InChI=1S/C16H12F4N2O2S2/c17-13-6-5-10(7-12(13)16(18,19)20)9-22(26(21,23)24)15-8-11-3-1-2-4-14(11)25-15/h1-8H,9H2,(H2,21,23,24). The van der Waals surface area contributed by atoms with Crippen molar-refractivity contribution in [3.8, 4) is 0 Å². The second-order valence-corrected chi connectivity index (χ2v) is 8.02. The minimum absolute atomic E-state index is 0.0368. The van der Waals surface area contributed by atoms with Crippen molar-refractivity contribution in [1.82, 2.24) is 0 Å². The third-order valence-corrected chi connectivity index (χ3v) is 5.82. The lowest BCUT2D eigenvalue weighted by Crippen LogP contribution is -2.35. The van der Waals surface area contributed by atoms with Crippen molar-refractivity contribution in [3.63, 3.8) is 0 Å². The average molecular weight is 404 g/mol. The molecule has 0 saturated carbocycles. The van der Waals surface area contributed by atoms with Gasteiger partial charge in [-0.2, -0.15) is 21.6 Å². The Hall–Kier alpha value is -2.17. The van der Waals surface area contributed by atoms with Crippen LogP contribution in [0.5, 0.6) is 0 Å². The molecule has 0 saturated heterocycles. The fraction of sp³-hybridized carbons (Fsp3) is 0.125. The number of hydrogen-bond donors (Lipinski definition) is 1. The maximum Gasteiger partial charge on any atom is 0.419 e. The number of halogens is 4. The third-order valence-electron chi connectivity index (χ3n) is 3.63. The predicted molar refractivity (Wildman–Crippen MR) is 92.5 cm³/mol. The Bertz CT molecular complexity index is 1030. The molecule has 3 rings (SSSR count). The van der Waals surface area contributed by atoms with Gasteiger partial charge in [0.15, 0.2) is 0 Å². The van der Waals surface area contributed by atoms with Gasteiger partial charge in [-0.25, -0.2) is 13.8 Å². The number of rotatable bonds is 4. The summed E-state index contributed by atoms with van der Waals surface area (Å²) in [6.07, 6.45) is -4.88. The van der Waals surface area contributed by atoms with Crippen LogP contribution in [0.15, 0.2) is 48.5 Å². The van der Waals surface area contributed by atoms with Gasteiger partial charge < -0.3 is 0 Å². The molecule has 2 aromatic carbocycles. The summed E-state index contributed by atoms with van der Waals surface area (Å²) in [5, 5.41) is 6.27. The lowest BCUT2D eigenvalue weighted by molar-refractivity contribution is -0.140. The molecular weight excluding hydrogens is 392 g/mol. The molecule has 0 radical (unpaired) electrons. The van der Waals surface area contributed by atoms with Gasteiger partial charge in [-0.05, 0) is 35.2 Å². The molecule has 0 aliphatic heterocycles. The maximum atomic E-state index is 13.4. The molecule has 0 spiro atoms. The molecule has 138 valence electrons. The van der Waals surface area contributed by atoms with E-state index in [1.807, 2.05) is 0 Å². The summed E-state index contributed by atoms with van der Waals surface area (Å²) in [5.74, 6) is -1.43. The van der Waals surface area contributed by atoms with Gasteiger partial charge in [-0.15, -0.1) is 11.3 Å². The number of thiophene rings is 1. The van der Waals surface area contributed by atoms with Gasteiger partial charge in [-0.3, -0.25) is 0 Å². The Balaban J connectivity index is 2.03. The van der Waals surface area contributed by atoms with Crippen LogP contribution in [0.4, 0.5) is 22.6 Å². The molecule has 1 heterocycles. The molecule has 0 unspecified atom stereocenters. The van der Waals surface area contributed by atoms with Gasteiger partial charge in [0.25, 0.3) is 10.2 Å². The van der Waals surface area contributed by atoms with E-state index in [2.05, 4.69) is 0 Å². The summed E-state index contributed by atoms with van der Waals surface area (Å²) in [7, 11) is -4.25. The van der Waals surface area contributed by atoms with E-state index in [1.165, 1.54) is 0 Å². The first kappa shape index (κ1) is 18.6. The van der Waals surface area contributed by atoms with E-state index in [1.54, 1.807) is 30.3 Å². The van der Waals surface area contributed by atoms with E-state index in [-0.39, 0.29) is 10.6 Å². The molecular formula is C16H12F4N2O2S2. The summed E-state index contributed by atoms with van der Waals surface area (Å²) in [6.45, 7) is -0.449. The molecule has 4 nitrogen and oxygen atoms in total. The van der Waals surface area contributed by atoms with Crippen molar-refractivity contribution in [2.75, 3.05) is 4.31 Å². The lowest BCUT2D eigenvalue weighted by Gasteiger charge is -2.20. The van der Waals surface area contributed by atoms with Gasteiger partial charge in [0.1, 0.15) is 10.8 Å². The highest BCUT2D eigenvalue weighted by molar-refractivity contribution is 7.90. The Morgan fingerprint density at radius 1 is 1.08 bits per heavy atom. The van der Waals surface area contributed by atoms with Crippen molar-refractivity contribution < 1.29 is 26.0 Å². The Morgan fingerprint density at radius 2 is 1.77 bits per heavy atom. The van der Waals surface area contributed by atoms with E-state index >= 15 is 0 Å². The third kappa shape index (κ3) is 3.81. The zero-order valence-electron chi connectivity index (χ0n) is 13.0. The van der Waals surface area contributed by atoms with Crippen molar-refractivity contribution in [2.45, 2.75) is 12.7 Å². The van der Waals surface area contributed by atoms with Crippen LogP contribution >= 0.6 is 11.3 Å². The highest BCUT2D eigenvalue weighted by Crippen LogP contribution is 2.35. The molecule has 3 aromatic rings. The van der Waals surface area contributed by atoms with Gasteiger partial charge in [0.05, 0.1) is 12.1 Å². The molecule has 0 aliphatic rings. The topological polar surface area (TPSA) is 63.4 Å². The molecule has 0 amide bonds. The summed E-state index contributed by atoms with van der Waals surface area (Å²) >= 11 is 1.13. The van der Waals surface area contributed by atoms with Crippen LogP contribution in [0, 0.1) is 5.82 Å². The van der Waals surface area contributed by atoms with Crippen molar-refractivity contribution in [2.24, 2.45) is 5.14 Å². The highest BCUT2D eigenvalue weighted by Gasteiger charge is 2.34. The quantitative estimate of drug-likeness (QED) is 0.660. The molecule has 0 aliphatic carbocycles. The minimum atomic E-state index is -4.88. The first-order valence-electron chi connectivity index (χ1n) is 7.20. The Morgan fingerprint density at radius 3 is 2.38 bits per heavy atom. The number of benzene rings is 2. The van der Waals surface area contributed by atoms with Crippen LogP contribution in [0.2, 0.25) is 0 Å². The van der Waals surface area contributed by atoms with E-state index in [0.717, 1.165) is 31.8 Å². The van der Waals surface area contributed by atoms with Crippen molar-refractivity contribution in [3.05, 3.63) is 65.5 Å². The number of hydrogen-bond acceptors (Lipinski definition) is 3. The average Bonchev–Trinajstić information content (AvgIpc) is 2.95. The highest BCUT2D eigenvalue weighted by atomic mass is 32.2. The zero-order valence-corrected chi connectivity index (χ0v) is 14.6. The van der Waals surface area contributed by atoms with Gasteiger partial charge in [-0.1, -0.05) is 24.3 Å². The molecule has 26 heavy (non-hydrogen) atoms. The second-order valence-electron chi connectivity index (χ2n) is 5.49. The first-order valence-corrected chi connectivity index (χ1v) is 9.52. The first-order chi connectivity index (χ1) is 12.1. The maximum absolute atomic E-state index is 13.4. The fourth-order valence-electron chi connectivity index (χ4n) is 2.44. The number of fused-ring (bicyclic) bond motifs is 1. The van der Waals surface area contributed by atoms with E-state index in [0.29, 0.717) is 12.1 Å². The van der Waals surface area contributed by atoms with Crippen LogP contribution in [0.25, 0.3) is 10.1 Å². The molecule has 0 fully saturated rings. The molecule has 2 N–H and O–H groups in total. The minimum Gasteiger partial charge on any atom is -0.244 e. The van der Waals surface area contributed by atoms with Crippen LogP contribution in [0.1, 0.15) is 11.1 Å². The molecule has 0 atom stereocenters. The summed E-state index contributed by atoms with van der Waals surface area (Å²) in [5.41, 5.74) is -1.49. The summed E-state index contributed by atoms with van der Waals surface area (Å²) < 4.78 is 77.6. The fourth-order valence-corrected chi connectivity index (χ4v) is 4.46. The predicted octanol–water partition coefficient (Wildman–Crippen LogP) is 4.27. The Labute approximate surface area is 150 Å². The van der Waals surface area contributed by atoms with E-state index in [4.69, 9.17) is 5.14 Å². The molecule has 0 bridgehead atoms. The molecule has 10 heteroatoms. The van der Waals surface area contributed by atoms with Gasteiger partial charge >= 0.3 is 6.18 Å². The normalized spacial score (nSPS) is 12.5. The summed E-state index contributed by atoms with van der Waals surface area (Å²) in [6, 6.07) is 11.0. The number of nitrogens with two attached hydrogens (primary N) is 1. The number of alkyl halides is 3. The second kappa shape index (κ2) is 6.53. The number of nitrogens with zero attached hydrogens (tertiary/aromatic N) is 1. The zero-order chi connectivity index (χ0) is 19.1. The SMILES string of the molecule is NS(=O)(=O)N(Cc1ccc(F)c(C(F)(F)F)c1)c1cc2ccccc2s1. The number of anilines is 1. The summed E-state index contributed by atoms with van der Waals surface area (Å²) in [4.78, 5) is 0. The van der Waals surface area contributed by atoms with Gasteiger partial charge in [0.2, 0.25) is 0 Å².